The topological polar surface area (TPSA) is 55.9 Å². The van der Waals surface area contributed by atoms with E-state index in [2.05, 4.69) is 24.4 Å². The van der Waals surface area contributed by atoms with E-state index in [9.17, 15) is 9.59 Å². The van der Waals surface area contributed by atoms with E-state index in [1.165, 1.54) is 11.1 Å². The molecule has 1 aliphatic rings. The number of para-hydroxylation sites is 1. The fourth-order valence-electron chi connectivity index (χ4n) is 3.35. The second-order valence-corrected chi connectivity index (χ2v) is 7.26. The molecule has 6 nitrogen and oxygen atoms in total. The third-order valence-electron chi connectivity index (χ3n) is 5.05. The van der Waals surface area contributed by atoms with E-state index >= 15 is 0 Å². The summed E-state index contributed by atoms with van der Waals surface area (Å²) in [6.07, 6.45) is 0. The van der Waals surface area contributed by atoms with E-state index in [0.29, 0.717) is 32.7 Å². The van der Waals surface area contributed by atoms with Gasteiger partial charge in [-0.15, -0.1) is 0 Å². The number of anilines is 1. The van der Waals surface area contributed by atoms with Crippen molar-refractivity contribution in [2.45, 2.75) is 13.5 Å². The monoisotopic (exact) mass is 380 g/mol. The maximum absolute atomic E-state index is 12.6. The third kappa shape index (κ3) is 5.33. The lowest BCUT2D eigenvalue weighted by molar-refractivity contribution is -0.133. The molecule has 3 amide bonds. The van der Waals surface area contributed by atoms with Crippen molar-refractivity contribution in [2.75, 3.05) is 45.1 Å². The molecule has 0 radical (unpaired) electrons. The van der Waals surface area contributed by atoms with Crippen LogP contribution in [0.15, 0.2) is 54.6 Å². The third-order valence-corrected chi connectivity index (χ3v) is 5.05. The number of hydrogen-bond acceptors (Lipinski definition) is 3. The minimum atomic E-state index is -0.116. The molecule has 6 heteroatoms. The fourth-order valence-corrected chi connectivity index (χ4v) is 3.35. The van der Waals surface area contributed by atoms with Gasteiger partial charge in [0.25, 0.3) is 0 Å². The molecule has 0 saturated carbocycles. The number of carbonyl (C=O) groups excluding carboxylic acids is 2. The summed E-state index contributed by atoms with van der Waals surface area (Å²) in [5.41, 5.74) is 3.25. The lowest BCUT2D eigenvalue weighted by atomic mass is 10.1. The molecule has 1 heterocycles. The Hall–Kier alpha value is -2.86. The van der Waals surface area contributed by atoms with Crippen LogP contribution in [0.5, 0.6) is 0 Å². The molecule has 3 rings (SSSR count). The number of urea groups is 1. The lowest BCUT2D eigenvalue weighted by Crippen LogP contribution is -2.53. The normalized spacial score (nSPS) is 14.2. The quantitative estimate of drug-likeness (QED) is 0.868. The van der Waals surface area contributed by atoms with Gasteiger partial charge in [0.2, 0.25) is 5.91 Å². The summed E-state index contributed by atoms with van der Waals surface area (Å²) < 4.78 is 0. The van der Waals surface area contributed by atoms with E-state index in [1.54, 1.807) is 4.90 Å². The average molecular weight is 380 g/mol. The number of amides is 3. The maximum Gasteiger partial charge on any atom is 0.321 e. The van der Waals surface area contributed by atoms with Crippen LogP contribution >= 0.6 is 0 Å². The average Bonchev–Trinajstić information content (AvgIpc) is 2.70. The molecule has 0 aromatic heterocycles. The molecular weight excluding hydrogens is 352 g/mol. The Balaban J connectivity index is 1.44. The van der Waals surface area contributed by atoms with Gasteiger partial charge in [-0.2, -0.15) is 0 Å². The van der Waals surface area contributed by atoms with Crippen LogP contribution in [0.4, 0.5) is 10.5 Å². The van der Waals surface area contributed by atoms with Gasteiger partial charge in [0.15, 0.2) is 0 Å². The predicted octanol–water partition coefficient (Wildman–Crippen LogP) is 2.80. The van der Waals surface area contributed by atoms with Crippen LogP contribution in [0, 0.1) is 6.92 Å². The molecule has 0 unspecified atom stereocenters. The van der Waals surface area contributed by atoms with Crippen LogP contribution in [0.1, 0.15) is 11.1 Å². The standard InChI is InChI=1S/C22H28N4O2/c1-18-8-6-7-9-19(18)16-24(2)17-21(27)25-12-14-26(15-13-25)22(28)23-20-10-4-3-5-11-20/h3-11H,12-17H2,1-2H3,(H,23,28). The SMILES string of the molecule is Cc1ccccc1CN(C)CC(=O)N1CCN(C(=O)Nc2ccccc2)CC1. The molecule has 2 aromatic carbocycles. The van der Waals surface area contributed by atoms with Crippen LogP contribution in [0.3, 0.4) is 0 Å². The first-order chi connectivity index (χ1) is 13.5. The Morgan fingerprint density at radius 2 is 1.54 bits per heavy atom. The van der Waals surface area contributed by atoms with Gasteiger partial charge in [0.05, 0.1) is 6.54 Å². The lowest BCUT2D eigenvalue weighted by Gasteiger charge is -2.35. The summed E-state index contributed by atoms with van der Waals surface area (Å²) in [7, 11) is 1.97. The summed E-state index contributed by atoms with van der Waals surface area (Å²) in [6.45, 7) is 5.45. The zero-order valence-corrected chi connectivity index (χ0v) is 16.6. The number of rotatable bonds is 5. The minimum Gasteiger partial charge on any atom is -0.338 e. The second kappa shape index (κ2) is 9.37. The summed E-state index contributed by atoms with van der Waals surface area (Å²) >= 11 is 0. The minimum absolute atomic E-state index is 0.110. The van der Waals surface area contributed by atoms with Crippen molar-refractivity contribution in [1.82, 2.24) is 14.7 Å². The van der Waals surface area contributed by atoms with Gasteiger partial charge < -0.3 is 15.1 Å². The molecule has 1 N–H and O–H groups in total. The molecule has 148 valence electrons. The molecule has 0 aliphatic carbocycles. The van der Waals surface area contributed by atoms with E-state index in [0.717, 1.165) is 12.2 Å². The van der Waals surface area contributed by atoms with Crippen molar-refractivity contribution in [3.8, 4) is 0 Å². The van der Waals surface area contributed by atoms with Crippen LogP contribution in [-0.2, 0) is 11.3 Å². The van der Waals surface area contributed by atoms with Crippen LogP contribution < -0.4 is 5.32 Å². The van der Waals surface area contributed by atoms with E-state index < -0.39 is 0 Å². The second-order valence-electron chi connectivity index (χ2n) is 7.26. The van der Waals surface area contributed by atoms with Gasteiger partial charge in [-0.05, 0) is 37.2 Å². The number of aryl methyl sites for hydroxylation is 1. The van der Waals surface area contributed by atoms with Crippen molar-refractivity contribution < 1.29 is 9.59 Å². The van der Waals surface area contributed by atoms with Crippen molar-refractivity contribution in [3.05, 3.63) is 65.7 Å². The van der Waals surface area contributed by atoms with Crippen LogP contribution in [-0.4, -0.2) is 66.4 Å². The molecular formula is C22H28N4O2. The maximum atomic E-state index is 12.6. The number of hydrogen-bond donors (Lipinski definition) is 1. The Kier molecular flexibility index (Phi) is 6.66. The molecule has 0 bridgehead atoms. The van der Waals surface area contributed by atoms with Gasteiger partial charge in [-0.25, -0.2) is 4.79 Å². The molecule has 0 atom stereocenters. The van der Waals surface area contributed by atoms with Crippen LogP contribution in [0.2, 0.25) is 0 Å². The Bertz CT molecular complexity index is 801. The molecule has 28 heavy (non-hydrogen) atoms. The number of piperazine rings is 1. The zero-order chi connectivity index (χ0) is 19.9. The highest BCUT2D eigenvalue weighted by Crippen LogP contribution is 2.11. The number of nitrogens with zero attached hydrogens (tertiary/aromatic N) is 3. The number of benzene rings is 2. The summed E-state index contributed by atoms with van der Waals surface area (Å²) in [4.78, 5) is 30.6. The molecule has 0 spiro atoms. The Labute approximate surface area is 166 Å². The Morgan fingerprint density at radius 1 is 0.929 bits per heavy atom. The van der Waals surface area contributed by atoms with Gasteiger partial charge >= 0.3 is 6.03 Å². The number of nitrogens with one attached hydrogen (secondary N) is 1. The largest absolute Gasteiger partial charge is 0.338 e. The summed E-state index contributed by atoms with van der Waals surface area (Å²) in [5, 5.41) is 2.90. The van der Waals surface area contributed by atoms with Gasteiger partial charge in [-0.1, -0.05) is 42.5 Å². The smallest absolute Gasteiger partial charge is 0.321 e. The van der Waals surface area contributed by atoms with Gasteiger partial charge in [0, 0.05) is 38.4 Å². The summed E-state index contributed by atoms with van der Waals surface area (Å²) in [5.74, 6) is 0.110. The van der Waals surface area contributed by atoms with Crippen molar-refractivity contribution in [3.63, 3.8) is 0 Å². The first kappa shape index (κ1) is 19.9. The zero-order valence-electron chi connectivity index (χ0n) is 16.6. The van der Waals surface area contributed by atoms with Gasteiger partial charge in [0.1, 0.15) is 0 Å². The number of carbonyl (C=O) groups is 2. The van der Waals surface area contributed by atoms with Crippen LogP contribution in [0.25, 0.3) is 0 Å². The van der Waals surface area contributed by atoms with Crippen molar-refractivity contribution in [1.29, 1.82) is 0 Å². The van der Waals surface area contributed by atoms with E-state index in [-0.39, 0.29) is 11.9 Å². The first-order valence-corrected chi connectivity index (χ1v) is 9.65. The fraction of sp³-hybridized carbons (Fsp3) is 0.364. The van der Waals surface area contributed by atoms with Crippen molar-refractivity contribution >= 4 is 17.6 Å². The highest BCUT2D eigenvalue weighted by molar-refractivity contribution is 5.89. The number of likely N-dealkylation sites (N-methyl/N-ethyl adjacent to an activating group) is 1. The first-order valence-electron chi connectivity index (χ1n) is 9.65. The van der Waals surface area contributed by atoms with E-state index in [1.807, 2.05) is 59.3 Å². The van der Waals surface area contributed by atoms with Crippen molar-refractivity contribution in [2.24, 2.45) is 0 Å². The molecule has 1 saturated heterocycles. The molecule has 2 aromatic rings. The predicted molar refractivity (Wildman–Crippen MR) is 111 cm³/mol. The van der Waals surface area contributed by atoms with Gasteiger partial charge in [-0.3, -0.25) is 9.69 Å². The molecule has 1 aliphatic heterocycles. The highest BCUT2D eigenvalue weighted by Gasteiger charge is 2.24. The van der Waals surface area contributed by atoms with E-state index in [4.69, 9.17) is 0 Å². The highest BCUT2D eigenvalue weighted by atomic mass is 16.2. The Morgan fingerprint density at radius 3 is 2.21 bits per heavy atom. The molecule has 1 fully saturated rings. The summed E-state index contributed by atoms with van der Waals surface area (Å²) in [6, 6.07) is 17.5.